The highest BCUT2D eigenvalue weighted by Crippen LogP contribution is 2.43. The van der Waals surface area contributed by atoms with Gasteiger partial charge in [0.15, 0.2) is 0 Å². The first kappa shape index (κ1) is 34.1. The summed E-state index contributed by atoms with van der Waals surface area (Å²) < 4.78 is 0. The van der Waals surface area contributed by atoms with E-state index in [4.69, 9.17) is 0 Å². The minimum Gasteiger partial charge on any atom is -0.310 e. The van der Waals surface area contributed by atoms with Gasteiger partial charge in [0.1, 0.15) is 8.80 Å². The molecule has 0 aliphatic carbocycles. The molecule has 262 valence electrons. The second kappa shape index (κ2) is 15.3. The Labute approximate surface area is 326 Å². The van der Waals surface area contributed by atoms with Crippen LogP contribution in [0.25, 0.3) is 44.2 Å². The second-order valence-corrected chi connectivity index (χ2v) is 16.9. The zero-order chi connectivity index (χ0) is 37.0. The number of aryl methyl sites for hydroxylation is 1. The topological polar surface area (TPSA) is 3.24 Å². The smallest absolute Gasteiger partial charge is 0.134 e. The van der Waals surface area contributed by atoms with Crippen molar-refractivity contribution in [2.24, 2.45) is 0 Å². The van der Waals surface area contributed by atoms with Crippen LogP contribution in [0.1, 0.15) is 5.56 Å². The van der Waals surface area contributed by atoms with Crippen molar-refractivity contribution < 1.29 is 0 Å². The van der Waals surface area contributed by atoms with Crippen LogP contribution >= 0.6 is 0 Å². The third kappa shape index (κ3) is 6.81. The number of anilines is 3. The SMILES string of the molecule is Cc1cccc(N(c2ccc(-c3ccccc3)cc2)c2ccc(-c3ccccc3)cc2)c1-c1ccc2ccccc2c1[SiH](c1ccccc1)c1ccccc1. The first-order valence-electron chi connectivity index (χ1n) is 19.1. The highest BCUT2D eigenvalue weighted by Gasteiger charge is 2.28. The third-order valence-corrected chi connectivity index (χ3v) is 14.1. The van der Waals surface area contributed by atoms with Crippen molar-refractivity contribution in [1.29, 1.82) is 0 Å². The predicted molar refractivity (Wildman–Crippen MR) is 239 cm³/mol. The van der Waals surface area contributed by atoms with Gasteiger partial charge >= 0.3 is 0 Å². The van der Waals surface area contributed by atoms with Gasteiger partial charge in [-0.25, -0.2) is 0 Å². The van der Waals surface area contributed by atoms with E-state index in [-0.39, 0.29) is 0 Å². The molecule has 0 spiro atoms. The lowest BCUT2D eigenvalue weighted by molar-refractivity contribution is 1.27. The molecule has 0 saturated carbocycles. The molecular formula is C53H41NSi. The minimum absolute atomic E-state index is 1.11. The third-order valence-electron chi connectivity index (χ3n) is 10.8. The summed E-state index contributed by atoms with van der Waals surface area (Å²) in [5.74, 6) is 0. The van der Waals surface area contributed by atoms with Gasteiger partial charge in [-0.15, -0.1) is 0 Å². The van der Waals surface area contributed by atoms with Crippen LogP contribution in [0, 0.1) is 6.92 Å². The van der Waals surface area contributed by atoms with Crippen molar-refractivity contribution in [1.82, 2.24) is 0 Å². The van der Waals surface area contributed by atoms with Gasteiger partial charge in [0.05, 0.1) is 5.69 Å². The molecule has 0 amide bonds. The number of benzene rings is 9. The molecule has 1 nitrogen and oxygen atoms in total. The number of rotatable bonds is 9. The quantitative estimate of drug-likeness (QED) is 0.106. The van der Waals surface area contributed by atoms with E-state index >= 15 is 0 Å². The Morgan fingerprint density at radius 2 is 0.818 bits per heavy atom. The normalized spacial score (nSPS) is 11.2. The molecule has 0 unspecified atom stereocenters. The molecule has 0 bridgehead atoms. The van der Waals surface area contributed by atoms with E-state index < -0.39 is 8.80 Å². The summed E-state index contributed by atoms with van der Waals surface area (Å²) in [7, 11) is -1.99. The summed E-state index contributed by atoms with van der Waals surface area (Å²) in [4.78, 5) is 2.45. The lowest BCUT2D eigenvalue weighted by Crippen LogP contribution is -2.53. The van der Waals surface area contributed by atoms with E-state index in [9.17, 15) is 0 Å². The molecule has 0 heterocycles. The fourth-order valence-corrected chi connectivity index (χ4v) is 11.5. The van der Waals surface area contributed by atoms with Gasteiger partial charge in [-0.2, -0.15) is 0 Å². The van der Waals surface area contributed by atoms with Gasteiger partial charge in [-0.05, 0) is 86.6 Å². The molecule has 0 saturated heterocycles. The molecule has 0 radical (unpaired) electrons. The molecule has 0 N–H and O–H groups in total. The van der Waals surface area contributed by atoms with E-state index in [2.05, 4.69) is 236 Å². The summed E-state index contributed by atoms with van der Waals surface area (Å²) in [5.41, 5.74) is 12.0. The standard InChI is InChI=1S/C53H41NSi/c1-39-17-16-28-51(52(39)50-38-33-44-22-14-15-27-49(44)53(50)55(47-23-10-4-11-24-47)48-25-12-5-13-26-48)54(45-34-29-42(30-35-45)40-18-6-2-7-19-40)46-36-31-43(32-37-46)41-20-8-3-9-21-41/h2-38,55H,1H3. The van der Waals surface area contributed by atoms with E-state index in [1.54, 1.807) is 0 Å². The first-order valence-corrected chi connectivity index (χ1v) is 20.8. The van der Waals surface area contributed by atoms with E-state index in [1.165, 1.54) is 65.3 Å². The van der Waals surface area contributed by atoms with Crippen LogP contribution in [0.2, 0.25) is 0 Å². The molecule has 0 aromatic heterocycles. The van der Waals surface area contributed by atoms with E-state index in [0.717, 1.165) is 17.1 Å². The first-order chi connectivity index (χ1) is 27.2. The van der Waals surface area contributed by atoms with Crippen LogP contribution in [0.4, 0.5) is 17.1 Å². The Balaban J connectivity index is 1.29. The fourth-order valence-electron chi connectivity index (χ4n) is 8.12. The van der Waals surface area contributed by atoms with Crippen molar-refractivity contribution in [2.45, 2.75) is 6.92 Å². The summed E-state index contributed by atoms with van der Waals surface area (Å²) in [5, 5.41) is 6.86. The molecule has 0 fully saturated rings. The Morgan fingerprint density at radius 3 is 1.35 bits per heavy atom. The number of nitrogens with zero attached hydrogens (tertiary/aromatic N) is 1. The summed E-state index contributed by atoms with van der Waals surface area (Å²) in [6, 6.07) is 82.2. The lowest BCUT2D eigenvalue weighted by atomic mass is 9.94. The zero-order valence-corrected chi connectivity index (χ0v) is 32.0. The number of hydrogen-bond donors (Lipinski definition) is 0. The number of hydrogen-bond acceptors (Lipinski definition) is 1. The summed E-state index contributed by atoms with van der Waals surface area (Å²) >= 11 is 0. The van der Waals surface area contributed by atoms with Crippen molar-refractivity contribution >= 4 is 52.2 Å². The van der Waals surface area contributed by atoms with Crippen LogP contribution in [-0.2, 0) is 0 Å². The highest BCUT2D eigenvalue weighted by molar-refractivity contribution is 6.97. The Hall–Kier alpha value is -6.74. The van der Waals surface area contributed by atoms with Gasteiger partial charge in [-0.1, -0.05) is 204 Å². The highest BCUT2D eigenvalue weighted by atomic mass is 28.3. The molecule has 9 aromatic carbocycles. The van der Waals surface area contributed by atoms with E-state index in [0.29, 0.717) is 0 Å². The van der Waals surface area contributed by atoms with Gasteiger partial charge in [0.25, 0.3) is 0 Å². The molecule has 0 aliphatic heterocycles. The lowest BCUT2D eigenvalue weighted by Gasteiger charge is -2.31. The van der Waals surface area contributed by atoms with Gasteiger partial charge in [-0.3, -0.25) is 0 Å². The molecule has 9 aromatic rings. The maximum atomic E-state index is 2.45. The monoisotopic (exact) mass is 719 g/mol. The molecule has 0 atom stereocenters. The van der Waals surface area contributed by atoms with Crippen LogP contribution in [-0.4, -0.2) is 8.80 Å². The number of fused-ring (bicyclic) bond motifs is 1. The van der Waals surface area contributed by atoms with Crippen molar-refractivity contribution in [3.05, 3.63) is 230 Å². The van der Waals surface area contributed by atoms with Gasteiger partial charge in [0.2, 0.25) is 0 Å². The minimum atomic E-state index is -1.99. The predicted octanol–water partition coefficient (Wildman–Crippen LogP) is 11.9. The fraction of sp³-hybridized carbons (Fsp3) is 0.0189. The van der Waals surface area contributed by atoms with Crippen molar-refractivity contribution in [3.8, 4) is 33.4 Å². The van der Waals surface area contributed by atoms with Crippen LogP contribution in [0.5, 0.6) is 0 Å². The Bertz CT molecular complexity index is 2550. The summed E-state index contributed by atoms with van der Waals surface area (Å²) in [6.45, 7) is 2.27. The average molecular weight is 720 g/mol. The maximum absolute atomic E-state index is 2.45. The second-order valence-electron chi connectivity index (χ2n) is 14.1. The Kier molecular flexibility index (Phi) is 9.48. The van der Waals surface area contributed by atoms with Crippen molar-refractivity contribution in [3.63, 3.8) is 0 Å². The Morgan fingerprint density at radius 1 is 0.364 bits per heavy atom. The van der Waals surface area contributed by atoms with Gasteiger partial charge < -0.3 is 4.90 Å². The molecule has 0 aliphatic rings. The maximum Gasteiger partial charge on any atom is 0.134 e. The average Bonchev–Trinajstić information content (AvgIpc) is 3.26. The zero-order valence-electron chi connectivity index (χ0n) is 30.9. The molecule has 55 heavy (non-hydrogen) atoms. The summed E-state index contributed by atoms with van der Waals surface area (Å²) in [6.07, 6.45) is 0. The largest absolute Gasteiger partial charge is 0.310 e. The van der Waals surface area contributed by atoms with Gasteiger partial charge in [0, 0.05) is 16.9 Å². The van der Waals surface area contributed by atoms with Crippen LogP contribution in [0.15, 0.2) is 224 Å². The van der Waals surface area contributed by atoms with Crippen LogP contribution < -0.4 is 20.5 Å². The van der Waals surface area contributed by atoms with Crippen molar-refractivity contribution in [2.75, 3.05) is 4.90 Å². The van der Waals surface area contributed by atoms with E-state index in [1.807, 2.05) is 0 Å². The molecular weight excluding hydrogens is 679 g/mol. The van der Waals surface area contributed by atoms with Crippen LogP contribution in [0.3, 0.4) is 0 Å². The molecule has 9 rings (SSSR count). The molecule has 2 heteroatoms.